The largest absolute Gasteiger partial charge is 0.465 e. The molecular weight excluding hydrogens is 712 g/mol. The Morgan fingerprint density at radius 2 is 1.70 bits per heavy atom. The zero-order chi connectivity index (χ0) is 37.9. The summed E-state index contributed by atoms with van der Waals surface area (Å²) in [6.45, 7) is 8.40. The average molecular weight is 763 g/mol. The average Bonchev–Trinajstić information content (AvgIpc) is 3.58. The summed E-state index contributed by atoms with van der Waals surface area (Å²) in [7, 11) is -3.55. The van der Waals surface area contributed by atoms with Gasteiger partial charge >= 0.3 is 6.09 Å². The maximum Gasteiger partial charge on any atom is 0.404 e. The molecule has 14 heteroatoms. The lowest BCUT2D eigenvalue weighted by atomic mass is 9.59. The second-order valence-corrected chi connectivity index (χ2v) is 17.9. The van der Waals surface area contributed by atoms with Crippen molar-refractivity contribution < 1.29 is 32.2 Å². The van der Waals surface area contributed by atoms with Crippen molar-refractivity contribution in [2.75, 3.05) is 83.6 Å². The molecule has 5 aliphatic rings. The molecule has 2 aromatic rings. The lowest BCUT2D eigenvalue weighted by molar-refractivity contribution is -0.129. The molecule has 1 saturated carbocycles. The Bertz CT molecular complexity index is 1830. The van der Waals surface area contributed by atoms with Crippen LogP contribution in [0.15, 0.2) is 65.6 Å². The van der Waals surface area contributed by atoms with Gasteiger partial charge in [0.05, 0.1) is 29.6 Å². The van der Waals surface area contributed by atoms with Crippen LogP contribution in [0.1, 0.15) is 37.7 Å². The molecule has 2 N–H and O–H groups in total. The molecule has 2 amide bonds. The van der Waals surface area contributed by atoms with E-state index >= 15 is 0 Å². The van der Waals surface area contributed by atoms with Crippen molar-refractivity contribution in [1.82, 2.24) is 20.0 Å². The number of hydrogen-bond acceptors (Lipinski definition) is 9. The topological polar surface area (TPSA) is 147 Å². The van der Waals surface area contributed by atoms with Gasteiger partial charge in [0.2, 0.25) is 5.91 Å². The number of nitriles is 1. The number of rotatable bonds is 12. The third-order valence-electron chi connectivity index (χ3n) is 12.5. The van der Waals surface area contributed by atoms with E-state index in [2.05, 4.69) is 26.1 Å². The van der Waals surface area contributed by atoms with Crippen molar-refractivity contribution in [3.8, 4) is 6.07 Å². The second-order valence-electron chi connectivity index (χ2n) is 15.6. The van der Waals surface area contributed by atoms with E-state index in [9.17, 15) is 32.8 Å². The van der Waals surface area contributed by atoms with Crippen molar-refractivity contribution in [1.29, 1.82) is 5.26 Å². The molecule has 0 spiro atoms. The minimum atomic E-state index is -3.55. The van der Waals surface area contributed by atoms with Gasteiger partial charge in [-0.3, -0.25) is 9.69 Å². The Labute approximate surface area is 317 Å². The molecule has 1 aliphatic carbocycles. The lowest BCUT2D eigenvalue weighted by Gasteiger charge is -2.48. The molecule has 54 heavy (non-hydrogen) atoms. The van der Waals surface area contributed by atoms with Crippen LogP contribution in [-0.2, 0) is 24.8 Å². The number of morpholine rings is 1. The minimum absolute atomic E-state index is 0.0275. The highest BCUT2D eigenvalue weighted by Crippen LogP contribution is 2.50. The van der Waals surface area contributed by atoms with Crippen LogP contribution in [0.4, 0.5) is 14.9 Å². The van der Waals surface area contributed by atoms with E-state index < -0.39 is 32.4 Å². The van der Waals surface area contributed by atoms with E-state index in [1.54, 1.807) is 29.2 Å². The third kappa shape index (κ3) is 8.01. The summed E-state index contributed by atoms with van der Waals surface area (Å²) in [5, 5.41) is 22.5. The Morgan fingerprint density at radius 3 is 2.37 bits per heavy atom. The van der Waals surface area contributed by atoms with Gasteiger partial charge in [0.25, 0.3) is 0 Å². The molecule has 3 atom stereocenters. The fourth-order valence-corrected chi connectivity index (χ4v) is 11.1. The van der Waals surface area contributed by atoms with Crippen LogP contribution >= 0.6 is 0 Å². The van der Waals surface area contributed by atoms with Gasteiger partial charge < -0.3 is 29.9 Å². The van der Waals surface area contributed by atoms with E-state index in [-0.39, 0.29) is 41.8 Å². The number of anilines is 1. The molecule has 4 saturated heterocycles. The van der Waals surface area contributed by atoms with Crippen LogP contribution in [0, 0.1) is 34.9 Å². The van der Waals surface area contributed by atoms with Gasteiger partial charge in [-0.05, 0) is 86.7 Å². The first-order valence-corrected chi connectivity index (χ1v) is 20.8. The number of benzene rings is 2. The van der Waals surface area contributed by atoms with Crippen LogP contribution in [0.2, 0.25) is 0 Å². The first-order valence-electron chi connectivity index (χ1n) is 19.3. The molecule has 12 nitrogen and oxygen atoms in total. The smallest absolute Gasteiger partial charge is 0.404 e. The molecule has 5 fully saturated rings. The molecule has 0 bridgehead atoms. The Kier molecular flexibility index (Phi) is 11.6. The number of likely N-dealkylation sites (tertiary alicyclic amines) is 2. The summed E-state index contributed by atoms with van der Waals surface area (Å²) in [6, 6.07) is 15.7. The van der Waals surface area contributed by atoms with Gasteiger partial charge in [0.15, 0.2) is 9.84 Å². The molecule has 2 aromatic carbocycles. The van der Waals surface area contributed by atoms with Crippen molar-refractivity contribution in [3.05, 3.63) is 72.1 Å². The number of amides is 2. The van der Waals surface area contributed by atoms with E-state index in [1.165, 1.54) is 12.1 Å². The molecule has 1 unspecified atom stereocenters. The number of halogens is 1. The van der Waals surface area contributed by atoms with Gasteiger partial charge in [-0.2, -0.15) is 5.26 Å². The number of nitrogens with one attached hydrogen (secondary N) is 1. The predicted octanol–water partition coefficient (Wildman–Crippen LogP) is 3.74. The molecule has 7 rings (SSSR count). The molecule has 290 valence electrons. The summed E-state index contributed by atoms with van der Waals surface area (Å²) < 4.78 is 46.5. The summed E-state index contributed by atoms with van der Waals surface area (Å²) in [5.74, 6) is -0.356. The quantitative estimate of drug-likeness (QED) is 0.307. The van der Waals surface area contributed by atoms with Crippen molar-refractivity contribution in [2.24, 2.45) is 17.8 Å². The first-order chi connectivity index (χ1) is 26.1. The van der Waals surface area contributed by atoms with Gasteiger partial charge in [-0.15, -0.1) is 0 Å². The van der Waals surface area contributed by atoms with Crippen molar-refractivity contribution >= 4 is 27.5 Å². The SMILES string of the molecule is N#CC(c1cccc(F)c1)(C1CCN(CC2CN(c3ccc(S(=O)(=O)C4CN(C(=O)/C=C/CN5CCOCC5)C4)cc3)C2)CC1)[C@H]1CCC[C@@H]1NC(=O)O. The number of carboxylic acid groups (broad SMARTS) is 1. The summed E-state index contributed by atoms with van der Waals surface area (Å²) in [6.07, 6.45) is 6.03. The zero-order valence-corrected chi connectivity index (χ0v) is 31.5. The number of sulfone groups is 1. The van der Waals surface area contributed by atoms with Crippen molar-refractivity contribution in [3.63, 3.8) is 0 Å². The van der Waals surface area contributed by atoms with Crippen LogP contribution < -0.4 is 10.2 Å². The Morgan fingerprint density at radius 1 is 0.981 bits per heavy atom. The highest BCUT2D eigenvalue weighted by atomic mass is 32.2. The van der Waals surface area contributed by atoms with Gasteiger partial charge in [-0.25, -0.2) is 17.6 Å². The minimum Gasteiger partial charge on any atom is -0.465 e. The van der Waals surface area contributed by atoms with E-state index in [1.807, 2.05) is 24.3 Å². The number of ether oxygens (including phenoxy) is 1. The molecular formula is C40H51FN6O6S. The lowest BCUT2D eigenvalue weighted by Crippen LogP contribution is -2.56. The molecule has 0 radical (unpaired) electrons. The van der Waals surface area contributed by atoms with Crippen LogP contribution in [0.25, 0.3) is 0 Å². The Hall–Kier alpha value is -4.03. The number of carbonyl (C=O) groups is 2. The number of piperidine rings is 1. The predicted molar refractivity (Wildman–Crippen MR) is 201 cm³/mol. The number of carbonyl (C=O) groups excluding carboxylic acids is 1. The van der Waals surface area contributed by atoms with E-state index in [0.717, 1.165) is 70.8 Å². The molecule has 4 heterocycles. The number of nitrogens with zero attached hydrogens (tertiary/aromatic N) is 5. The van der Waals surface area contributed by atoms with Gasteiger partial charge in [0, 0.05) is 82.0 Å². The maximum atomic E-state index is 14.6. The van der Waals surface area contributed by atoms with Crippen LogP contribution in [0.3, 0.4) is 0 Å². The first kappa shape index (κ1) is 38.3. The van der Waals surface area contributed by atoms with E-state index in [4.69, 9.17) is 4.74 Å². The van der Waals surface area contributed by atoms with Gasteiger partial charge in [0.1, 0.15) is 11.1 Å². The van der Waals surface area contributed by atoms with Gasteiger partial charge in [-0.1, -0.05) is 24.6 Å². The number of hydrogen-bond donors (Lipinski definition) is 2. The highest BCUT2D eigenvalue weighted by Gasteiger charge is 2.53. The fourth-order valence-electron chi connectivity index (χ4n) is 9.45. The molecule has 4 aliphatic heterocycles. The second kappa shape index (κ2) is 16.4. The summed E-state index contributed by atoms with van der Waals surface area (Å²) >= 11 is 0. The highest BCUT2D eigenvalue weighted by molar-refractivity contribution is 7.92. The zero-order valence-electron chi connectivity index (χ0n) is 30.7. The Balaban J connectivity index is 0.886. The van der Waals surface area contributed by atoms with Crippen molar-refractivity contribution in [2.45, 2.75) is 53.7 Å². The summed E-state index contributed by atoms with van der Waals surface area (Å²) in [5.41, 5.74) is 0.643. The summed E-state index contributed by atoms with van der Waals surface area (Å²) in [4.78, 5) is 33.0. The van der Waals surface area contributed by atoms with Crippen LogP contribution in [0.5, 0.6) is 0 Å². The van der Waals surface area contributed by atoms with Crippen LogP contribution in [-0.4, -0.2) is 130 Å². The standard InChI is InChI=1S/C40H51FN6O6S/c41-32-5-1-4-31(22-32)40(28-42,36-6-2-7-37(36)43-39(49)50)30-13-16-45(17-14-30)23-29-24-46(25-29)33-9-11-34(12-10-33)54(51,52)35-26-47(27-35)38(48)8-3-15-44-18-20-53-21-19-44/h1,3-5,8-12,22,29-30,35-37,43H,2,6-7,13-21,23-27H2,(H,49,50)/b8-3+/t36-,37-,40?/m0/s1. The fraction of sp³-hybridized carbons (Fsp3) is 0.575. The molecule has 0 aromatic heterocycles. The maximum absolute atomic E-state index is 14.6. The third-order valence-corrected chi connectivity index (χ3v) is 14.6. The monoisotopic (exact) mass is 762 g/mol. The normalized spacial score (nSPS) is 24.8. The van der Waals surface area contributed by atoms with E-state index in [0.29, 0.717) is 44.1 Å².